The van der Waals surface area contributed by atoms with Crippen molar-refractivity contribution in [1.29, 1.82) is 0 Å². The molecule has 0 unspecified atom stereocenters. The molecule has 0 aliphatic rings. The number of rotatable bonds is 7. The third-order valence-electron chi connectivity index (χ3n) is 7.44. The van der Waals surface area contributed by atoms with Crippen LogP contribution in [0.15, 0.2) is 109 Å². The molecule has 6 rings (SSSR count). The molecule has 8 nitrogen and oxygen atoms in total. The maximum absolute atomic E-state index is 11.3. The lowest BCUT2D eigenvalue weighted by atomic mass is 9.86. The smallest absolute Gasteiger partial charge is 0.269 e. The number of fused-ring (bicyclic) bond motifs is 2. The Labute approximate surface area is 240 Å². The van der Waals surface area contributed by atoms with Crippen molar-refractivity contribution in [1.82, 2.24) is 0 Å². The number of benzene rings is 6. The molecule has 0 spiro atoms. The lowest BCUT2D eigenvalue weighted by Gasteiger charge is -2.22. The van der Waals surface area contributed by atoms with E-state index >= 15 is 0 Å². The highest BCUT2D eigenvalue weighted by molar-refractivity contribution is 6.14. The van der Waals surface area contributed by atoms with Crippen molar-refractivity contribution in [2.45, 2.75) is 0 Å². The van der Waals surface area contributed by atoms with Gasteiger partial charge in [0.25, 0.3) is 11.4 Å². The Morgan fingerprint density at radius 3 is 1.21 bits per heavy atom. The van der Waals surface area contributed by atoms with Gasteiger partial charge in [-0.15, -0.1) is 0 Å². The minimum atomic E-state index is -0.423. The maximum Gasteiger partial charge on any atom is 0.269 e. The average Bonchev–Trinajstić information content (AvgIpc) is 3.03. The predicted octanol–water partition coefficient (Wildman–Crippen LogP) is 8.83. The molecule has 0 aliphatic heterocycles. The summed E-state index contributed by atoms with van der Waals surface area (Å²) in [7, 11) is 3.22. The number of hydrogen-bond acceptors (Lipinski definition) is 6. The average molecular weight is 557 g/mol. The molecule has 206 valence electrons. The van der Waals surface area contributed by atoms with Gasteiger partial charge in [-0.05, 0) is 69.1 Å². The minimum absolute atomic E-state index is 0.00203. The van der Waals surface area contributed by atoms with Gasteiger partial charge in [0.1, 0.15) is 11.5 Å². The number of ether oxygens (including phenoxy) is 2. The lowest BCUT2D eigenvalue weighted by Crippen LogP contribution is -1.99. The number of hydrogen-bond donors (Lipinski definition) is 0. The number of nitro groups is 2. The zero-order chi connectivity index (χ0) is 29.4. The van der Waals surface area contributed by atoms with Crippen molar-refractivity contribution in [3.63, 3.8) is 0 Å². The second-order valence-electron chi connectivity index (χ2n) is 9.71. The van der Waals surface area contributed by atoms with Gasteiger partial charge in [-0.3, -0.25) is 20.2 Å². The van der Waals surface area contributed by atoms with Gasteiger partial charge in [0.15, 0.2) is 0 Å². The molecule has 0 heterocycles. The van der Waals surface area contributed by atoms with E-state index < -0.39 is 9.85 Å². The van der Waals surface area contributed by atoms with E-state index in [-0.39, 0.29) is 11.4 Å². The Kier molecular flexibility index (Phi) is 6.72. The lowest BCUT2D eigenvalue weighted by molar-refractivity contribution is -0.385. The Morgan fingerprint density at radius 1 is 0.524 bits per heavy atom. The third kappa shape index (κ3) is 4.45. The van der Waals surface area contributed by atoms with Crippen molar-refractivity contribution in [2.24, 2.45) is 0 Å². The van der Waals surface area contributed by atoms with Crippen LogP contribution in [0.3, 0.4) is 0 Å². The van der Waals surface area contributed by atoms with Crippen molar-refractivity contribution < 1.29 is 19.3 Å². The first-order valence-corrected chi connectivity index (χ1v) is 13.1. The van der Waals surface area contributed by atoms with Crippen LogP contribution in [-0.2, 0) is 0 Å². The second-order valence-corrected chi connectivity index (χ2v) is 9.71. The summed E-state index contributed by atoms with van der Waals surface area (Å²) < 4.78 is 12.3. The Bertz CT molecular complexity index is 1850. The topological polar surface area (TPSA) is 105 Å². The van der Waals surface area contributed by atoms with Crippen LogP contribution < -0.4 is 9.47 Å². The summed E-state index contributed by atoms with van der Waals surface area (Å²) >= 11 is 0. The van der Waals surface area contributed by atoms with Gasteiger partial charge in [0, 0.05) is 46.5 Å². The van der Waals surface area contributed by atoms with Gasteiger partial charge in [-0.25, -0.2) is 0 Å². The molecule has 0 aromatic heterocycles. The highest BCUT2D eigenvalue weighted by atomic mass is 16.6. The monoisotopic (exact) mass is 556 g/mol. The van der Waals surface area contributed by atoms with Crippen molar-refractivity contribution in [3.8, 4) is 44.9 Å². The number of nitro benzene ring substituents is 2. The molecule has 6 aromatic carbocycles. The van der Waals surface area contributed by atoms with E-state index in [0.29, 0.717) is 11.5 Å². The van der Waals surface area contributed by atoms with E-state index in [9.17, 15) is 20.2 Å². The summed E-state index contributed by atoms with van der Waals surface area (Å²) in [6.07, 6.45) is 0. The first-order chi connectivity index (χ1) is 20.4. The highest BCUT2D eigenvalue weighted by Gasteiger charge is 2.25. The summed E-state index contributed by atoms with van der Waals surface area (Å²) in [5.41, 5.74) is 4.69. The van der Waals surface area contributed by atoms with Crippen molar-refractivity contribution >= 4 is 32.9 Å². The molecule has 0 saturated carbocycles. The summed E-state index contributed by atoms with van der Waals surface area (Å²) in [6, 6.07) is 32.8. The molecule has 0 amide bonds. The predicted molar refractivity (Wildman–Crippen MR) is 164 cm³/mol. The quantitative estimate of drug-likeness (QED) is 0.144. The molecule has 6 aromatic rings. The summed E-state index contributed by atoms with van der Waals surface area (Å²) in [6.45, 7) is 0. The first kappa shape index (κ1) is 26.5. The largest absolute Gasteiger partial charge is 0.495 e. The number of methoxy groups -OCH3 is 2. The van der Waals surface area contributed by atoms with Crippen LogP contribution in [0.4, 0.5) is 11.4 Å². The minimum Gasteiger partial charge on any atom is -0.495 e. The molecule has 8 heteroatoms. The molecule has 0 bridgehead atoms. The van der Waals surface area contributed by atoms with Gasteiger partial charge < -0.3 is 9.47 Å². The Balaban J connectivity index is 1.73. The van der Waals surface area contributed by atoms with Gasteiger partial charge >= 0.3 is 0 Å². The highest BCUT2D eigenvalue weighted by Crippen LogP contribution is 2.52. The van der Waals surface area contributed by atoms with Crippen LogP contribution in [0.5, 0.6) is 11.5 Å². The molecular formula is C34H24N2O6. The van der Waals surface area contributed by atoms with E-state index in [1.807, 2.05) is 60.7 Å². The Hall–Kier alpha value is -5.76. The molecule has 0 saturated heterocycles. The van der Waals surface area contributed by atoms with Crippen LogP contribution in [0.25, 0.3) is 54.9 Å². The van der Waals surface area contributed by atoms with Gasteiger partial charge in [-0.2, -0.15) is 0 Å². The molecule has 0 aliphatic carbocycles. The van der Waals surface area contributed by atoms with E-state index in [4.69, 9.17) is 9.47 Å². The Morgan fingerprint density at radius 2 is 0.881 bits per heavy atom. The molecule has 0 atom stereocenters. The summed E-state index contributed by atoms with van der Waals surface area (Å²) in [4.78, 5) is 21.8. The van der Waals surface area contributed by atoms with E-state index in [0.717, 1.165) is 54.9 Å². The summed E-state index contributed by atoms with van der Waals surface area (Å²) in [5, 5.41) is 26.4. The van der Waals surface area contributed by atoms with Crippen LogP contribution >= 0.6 is 0 Å². The van der Waals surface area contributed by atoms with Gasteiger partial charge in [0.05, 0.1) is 24.1 Å². The van der Waals surface area contributed by atoms with Crippen molar-refractivity contribution in [3.05, 3.63) is 129 Å². The molecule has 0 N–H and O–H groups in total. The van der Waals surface area contributed by atoms with Gasteiger partial charge in [-0.1, -0.05) is 48.5 Å². The fourth-order valence-corrected chi connectivity index (χ4v) is 5.53. The normalized spacial score (nSPS) is 11.0. The fraction of sp³-hybridized carbons (Fsp3) is 0.0588. The van der Waals surface area contributed by atoms with E-state index in [1.165, 1.54) is 24.3 Å². The fourth-order valence-electron chi connectivity index (χ4n) is 5.53. The van der Waals surface area contributed by atoms with E-state index in [2.05, 4.69) is 0 Å². The molecule has 0 fully saturated rings. The van der Waals surface area contributed by atoms with Crippen molar-refractivity contribution in [2.75, 3.05) is 14.2 Å². The van der Waals surface area contributed by atoms with Crippen LogP contribution in [0, 0.1) is 20.2 Å². The SMILES string of the molecule is COc1c(-c2ccc([N+](=O)[O-])cc2)cc2ccccc2c1-c1c(OC)c(-c2ccc([N+](=O)[O-])cc2)cc2ccccc12. The summed E-state index contributed by atoms with van der Waals surface area (Å²) in [5.74, 6) is 1.18. The van der Waals surface area contributed by atoms with Crippen LogP contribution in [0.2, 0.25) is 0 Å². The molecule has 42 heavy (non-hydrogen) atoms. The molecule has 0 radical (unpaired) electrons. The van der Waals surface area contributed by atoms with Crippen LogP contribution in [0.1, 0.15) is 0 Å². The van der Waals surface area contributed by atoms with Gasteiger partial charge in [0.2, 0.25) is 0 Å². The molecular weight excluding hydrogens is 532 g/mol. The van der Waals surface area contributed by atoms with E-state index in [1.54, 1.807) is 38.5 Å². The van der Waals surface area contributed by atoms with Crippen LogP contribution in [-0.4, -0.2) is 24.1 Å². The second kappa shape index (κ2) is 10.7. The standard InChI is InChI=1S/C34H24N2O6/c1-41-33-29(21-11-15-25(16-12-21)35(37)38)19-23-7-3-5-9-27(23)31(33)32-28-10-6-4-8-24(28)20-30(34(32)42-2)22-13-17-26(18-14-22)36(39)40/h3-20H,1-2H3. The first-order valence-electron chi connectivity index (χ1n) is 13.1. The third-order valence-corrected chi connectivity index (χ3v) is 7.44. The zero-order valence-corrected chi connectivity index (χ0v) is 22.7. The number of nitrogens with zero attached hydrogens (tertiary/aromatic N) is 2. The zero-order valence-electron chi connectivity index (χ0n) is 22.7. The maximum atomic E-state index is 11.3. The number of non-ortho nitro benzene ring substituents is 2.